The second-order valence-electron chi connectivity index (χ2n) is 6.11. The Morgan fingerprint density at radius 3 is 2.95 bits per heavy atom. The second-order valence-corrected chi connectivity index (χ2v) is 6.11. The number of likely N-dealkylation sites (N-methyl/N-ethyl adjacent to an activating group) is 1. The van der Waals surface area contributed by atoms with Crippen LogP contribution in [0.1, 0.15) is 24.8 Å². The number of piperazine rings is 1. The van der Waals surface area contributed by atoms with Crippen LogP contribution in [0.5, 0.6) is 0 Å². The standard InChI is InChI=1S/C16H25N3/c1-13-11-18(2)9-10-19(13)12-14-7-8-17-16-6-4-3-5-15(14)16/h3-6,13-14,17H,7-12H2,1-2H3. The number of para-hydroxylation sites is 1. The van der Waals surface area contributed by atoms with Crippen LogP contribution in [0.2, 0.25) is 0 Å². The molecule has 0 aliphatic carbocycles. The summed E-state index contributed by atoms with van der Waals surface area (Å²) in [5.41, 5.74) is 2.86. The van der Waals surface area contributed by atoms with Crippen LogP contribution in [0.3, 0.4) is 0 Å². The van der Waals surface area contributed by atoms with Gasteiger partial charge in [0.2, 0.25) is 0 Å². The van der Waals surface area contributed by atoms with Crippen molar-refractivity contribution in [2.45, 2.75) is 25.3 Å². The quantitative estimate of drug-likeness (QED) is 0.878. The van der Waals surface area contributed by atoms with Crippen molar-refractivity contribution in [1.82, 2.24) is 9.80 Å². The normalized spacial score (nSPS) is 28.7. The van der Waals surface area contributed by atoms with Crippen LogP contribution in [0.25, 0.3) is 0 Å². The summed E-state index contributed by atoms with van der Waals surface area (Å²) >= 11 is 0. The molecule has 3 rings (SSSR count). The SMILES string of the molecule is CC1CN(C)CCN1CC1CCNc2ccccc21. The minimum atomic E-state index is 0.681. The number of anilines is 1. The van der Waals surface area contributed by atoms with E-state index >= 15 is 0 Å². The molecular formula is C16H25N3. The Morgan fingerprint density at radius 2 is 2.11 bits per heavy atom. The lowest BCUT2D eigenvalue weighted by Crippen LogP contribution is -2.51. The first-order valence-electron chi connectivity index (χ1n) is 7.49. The molecule has 0 aromatic heterocycles. The predicted octanol–water partition coefficient (Wildman–Crippen LogP) is 2.22. The van der Waals surface area contributed by atoms with Gasteiger partial charge in [-0.2, -0.15) is 0 Å². The Bertz CT molecular complexity index is 432. The van der Waals surface area contributed by atoms with E-state index in [0.717, 1.165) is 6.54 Å². The Kier molecular flexibility index (Phi) is 3.76. The van der Waals surface area contributed by atoms with Gasteiger partial charge in [-0.1, -0.05) is 18.2 Å². The fourth-order valence-corrected chi connectivity index (χ4v) is 3.47. The molecule has 0 amide bonds. The van der Waals surface area contributed by atoms with Gasteiger partial charge in [-0.05, 0) is 32.0 Å². The monoisotopic (exact) mass is 259 g/mol. The van der Waals surface area contributed by atoms with E-state index < -0.39 is 0 Å². The van der Waals surface area contributed by atoms with Gasteiger partial charge in [0.05, 0.1) is 0 Å². The maximum absolute atomic E-state index is 3.52. The zero-order valence-corrected chi connectivity index (χ0v) is 12.1. The van der Waals surface area contributed by atoms with E-state index in [-0.39, 0.29) is 0 Å². The number of fused-ring (bicyclic) bond motifs is 1. The van der Waals surface area contributed by atoms with Crippen LogP contribution < -0.4 is 5.32 Å². The third kappa shape index (κ3) is 2.77. The zero-order chi connectivity index (χ0) is 13.2. The fraction of sp³-hybridized carbons (Fsp3) is 0.625. The third-order valence-electron chi connectivity index (χ3n) is 4.63. The molecule has 0 saturated carbocycles. The molecule has 0 radical (unpaired) electrons. The maximum Gasteiger partial charge on any atom is 0.0376 e. The van der Waals surface area contributed by atoms with Gasteiger partial charge in [-0.15, -0.1) is 0 Å². The number of benzene rings is 1. The Hall–Kier alpha value is -1.06. The predicted molar refractivity (Wildman–Crippen MR) is 80.8 cm³/mol. The number of nitrogens with zero attached hydrogens (tertiary/aromatic N) is 2. The number of nitrogens with one attached hydrogen (secondary N) is 1. The van der Waals surface area contributed by atoms with Gasteiger partial charge in [0, 0.05) is 50.4 Å². The summed E-state index contributed by atoms with van der Waals surface area (Å²) in [6.07, 6.45) is 1.26. The number of hydrogen-bond donors (Lipinski definition) is 1. The molecule has 104 valence electrons. The van der Waals surface area contributed by atoms with Crippen molar-refractivity contribution in [2.24, 2.45) is 0 Å². The smallest absolute Gasteiger partial charge is 0.0376 e. The van der Waals surface area contributed by atoms with Gasteiger partial charge in [0.25, 0.3) is 0 Å². The lowest BCUT2D eigenvalue weighted by Gasteiger charge is -2.41. The van der Waals surface area contributed by atoms with Crippen LogP contribution in [0.4, 0.5) is 5.69 Å². The highest BCUT2D eigenvalue weighted by Crippen LogP contribution is 2.32. The van der Waals surface area contributed by atoms with E-state index in [9.17, 15) is 0 Å². The minimum absolute atomic E-state index is 0.681. The largest absolute Gasteiger partial charge is 0.385 e. The van der Waals surface area contributed by atoms with Gasteiger partial charge in [0.1, 0.15) is 0 Å². The third-order valence-corrected chi connectivity index (χ3v) is 4.63. The van der Waals surface area contributed by atoms with Gasteiger partial charge >= 0.3 is 0 Å². The average Bonchev–Trinajstić information content (AvgIpc) is 2.42. The molecular weight excluding hydrogens is 234 g/mol. The summed E-state index contributed by atoms with van der Waals surface area (Å²) in [5, 5.41) is 3.52. The van der Waals surface area contributed by atoms with Crippen molar-refractivity contribution >= 4 is 5.69 Å². The summed E-state index contributed by atoms with van der Waals surface area (Å²) < 4.78 is 0. The topological polar surface area (TPSA) is 18.5 Å². The highest BCUT2D eigenvalue weighted by molar-refractivity contribution is 5.54. The summed E-state index contributed by atoms with van der Waals surface area (Å²) in [4.78, 5) is 5.12. The Labute approximate surface area is 116 Å². The van der Waals surface area contributed by atoms with Crippen LogP contribution in [-0.2, 0) is 0 Å². The molecule has 1 fully saturated rings. The van der Waals surface area contributed by atoms with E-state index in [4.69, 9.17) is 0 Å². The Balaban J connectivity index is 1.71. The molecule has 3 nitrogen and oxygen atoms in total. The van der Waals surface area contributed by atoms with Gasteiger partial charge in [-0.25, -0.2) is 0 Å². The minimum Gasteiger partial charge on any atom is -0.385 e. The molecule has 2 unspecified atom stereocenters. The van der Waals surface area contributed by atoms with Gasteiger partial charge < -0.3 is 10.2 Å². The summed E-state index contributed by atoms with van der Waals surface area (Å²) in [6.45, 7) is 8.31. The molecule has 2 aliphatic rings. The van der Waals surface area contributed by atoms with Gasteiger partial charge in [0.15, 0.2) is 0 Å². The summed E-state index contributed by atoms with van der Waals surface area (Å²) in [7, 11) is 2.23. The first-order valence-corrected chi connectivity index (χ1v) is 7.49. The van der Waals surface area contributed by atoms with Crippen molar-refractivity contribution < 1.29 is 0 Å². The zero-order valence-electron chi connectivity index (χ0n) is 12.1. The highest BCUT2D eigenvalue weighted by Gasteiger charge is 2.27. The van der Waals surface area contributed by atoms with Crippen molar-refractivity contribution in [1.29, 1.82) is 0 Å². The van der Waals surface area contributed by atoms with Crippen molar-refractivity contribution in [3.63, 3.8) is 0 Å². The Morgan fingerprint density at radius 1 is 1.26 bits per heavy atom. The van der Waals surface area contributed by atoms with Crippen LogP contribution in [0.15, 0.2) is 24.3 Å². The molecule has 1 aromatic carbocycles. The molecule has 1 saturated heterocycles. The maximum atomic E-state index is 3.52. The van der Waals surface area contributed by atoms with Crippen molar-refractivity contribution in [3.05, 3.63) is 29.8 Å². The van der Waals surface area contributed by atoms with Crippen molar-refractivity contribution in [3.8, 4) is 0 Å². The summed E-state index contributed by atoms with van der Waals surface area (Å²) in [6, 6.07) is 9.50. The highest BCUT2D eigenvalue weighted by atomic mass is 15.3. The van der Waals surface area contributed by atoms with Crippen LogP contribution in [0, 0.1) is 0 Å². The molecule has 1 N–H and O–H groups in total. The molecule has 2 heterocycles. The van der Waals surface area contributed by atoms with Crippen LogP contribution in [-0.4, -0.2) is 55.6 Å². The van der Waals surface area contributed by atoms with E-state index in [0.29, 0.717) is 12.0 Å². The first-order chi connectivity index (χ1) is 9.24. The molecule has 2 aliphatic heterocycles. The van der Waals surface area contributed by atoms with E-state index in [1.54, 1.807) is 0 Å². The van der Waals surface area contributed by atoms with E-state index in [1.165, 1.54) is 43.9 Å². The van der Waals surface area contributed by atoms with E-state index in [1.807, 2.05) is 0 Å². The molecule has 19 heavy (non-hydrogen) atoms. The van der Waals surface area contributed by atoms with E-state index in [2.05, 4.69) is 53.4 Å². The lowest BCUT2D eigenvalue weighted by atomic mass is 9.90. The number of hydrogen-bond acceptors (Lipinski definition) is 3. The van der Waals surface area contributed by atoms with Crippen molar-refractivity contribution in [2.75, 3.05) is 45.1 Å². The summed E-state index contributed by atoms with van der Waals surface area (Å²) in [5.74, 6) is 0.698. The molecule has 3 heteroatoms. The first kappa shape index (κ1) is 12.9. The fourth-order valence-electron chi connectivity index (χ4n) is 3.47. The van der Waals surface area contributed by atoms with Crippen LogP contribution >= 0.6 is 0 Å². The molecule has 1 aromatic rings. The average molecular weight is 259 g/mol. The second kappa shape index (κ2) is 5.51. The lowest BCUT2D eigenvalue weighted by molar-refractivity contribution is 0.0932. The molecule has 0 spiro atoms. The van der Waals surface area contributed by atoms with Gasteiger partial charge in [-0.3, -0.25) is 4.90 Å². The number of rotatable bonds is 2. The molecule has 0 bridgehead atoms. The molecule has 2 atom stereocenters.